The molecule has 2 N–H and O–H groups in total. The summed E-state index contributed by atoms with van der Waals surface area (Å²) in [5.41, 5.74) is 7.40. The van der Waals surface area contributed by atoms with Gasteiger partial charge in [-0.15, -0.1) is 0 Å². The van der Waals surface area contributed by atoms with Crippen molar-refractivity contribution >= 4 is 28.5 Å². The third kappa shape index (κ3) is 4.04. The lowest BCUT2D eigenvalue weighted by Crippen LogP contribution is -2.41. The molecular weight excluding hydrogens is 399 g/mol. The Hall–Kier alpha value is -1.14. The molecule has 1 unspecified atom stereocenters. The van der Waals surface area contributed by atoms with E-state index in [9.17, 15) is 4.79 Å². The zero-order valence-corrected chi connectivity index (χ0v) is 15.4. The molecule has 0 radical (unpaired) electrons. The van der Waals surface area contributed by atoms with Crippen molar-refractivity contribution < 1.29 is 4.79 Å². The standard InChI is InChI=1S/C19H23IN2O/c20-19(10-6-16(7-11-19)18(21)23)17-8-12-22(13-9-17)14-15-4-2-1-3-5-15/h1-7,10,17H,8-9,11-14H2,(H2,21,23). The first-order valence-electron chi connectivity index (χ1n) is 8.21. The molecular formula is C19H23IN2O. The van der Waals surface area contributed by atoms with Crippen molar-refractivity contribution in [3.8, 4) is 0 Å². The van der Waals surface area contributed by atoms with Crippen molar-refractivity contribution in [2.75, 3.05) is 13.1 Å². The van der Waals surface area contributed by atoms with E-state index < -0.39 is 0 Å². The van der Waals surface area contributed by atoms with E-state index in [0.717, 1.165) is 26.1 Å². The molecule has 0 aromatic heterocycles. The largest absolute Gasteiger partial charge is 0.366 e. The molecule has 23 heavy (non-hydrogen) atoms. The van der Waals surface area contributed by atoms with Crippen molar-refractivity contribution in [3.05, 3.63) is 59.7 Å². The zero-order chi connectivity index (χ0) is 16.3. The molecule has 3 rings (SSSR count). The number of nitrogens with two attached hydrogens (primary N) is 1. The molecule has 1 saturated heterocycles. The summed E-state index contributed by atoms with van der Waals surface area (Å²) in [7, 11) is 0. The third-order valence-corrected chi connectivity index (χ3v) is 6.66. The Balaban J connectivity index is 1.55. The van der Waals surface area contributed by atoms with Crippen LogP contribution >= 0.6 is 22.6 Å². The molecule has 1 aliphatic carbocycles. The van der Waals surface area contributed by atoms with Gasteiger partial charge < -0.3 is 5.73 Å². The number of rotatable bonds is 4. The Morgan fingerprint density at radius 1 is 1.26 bits per heavy atom. The maximum absolute atomic E-state index is 11.3. The van der Waals surface area contributed by atoms with Gasteiger partial charge in [0, 0.05) is 15.5 Å². The average Bonchev–Trinajstić information content (AvgIpc) is 2.57. The molecule has 1 amide bonds. The predicted molar refractivity (Wildman–Crippen MR) is 102 cm³/mol. The first-order valence-corrected chi connectivity index (χ1v) is 9.29. The Labute approximate surface area is 151 Å². The highest BCUT2D eigenvalue weighted by atomic mass is 127. The third-order valence-electron chi connectivity index (χ3n) is 4.97. The highest BCUT2D eigenvalue weighted by molar-refractivity contribution is 14.1. The second-order valence-corrected chi connectivity index (χ2v) is 8.53. The van der Waals surface area contributed by atoms with Crippen LogP contribution in [0.4, 0.5) is 0 Å². The number of carbonyl (C=O) groups excluding carboxylic acids is 1. The minimum atomic E-state index is -0.322. The lowest BCUT2D eigenvalue weighted by molar-refractivity contribution is -0.114. The lowest BCUT2D eigenvalue weighted by atomic mass is 9.79. The van der Waals surface area contributed by atoms with Gasteiger partial charge in [0.1, 0.15) is 0 Å². The second kappa shape index (κ2) is 7.18. The van der Waals surface area contributed by atoms with Crippen LogP contribution in [0.25, 0.3) is 0 Å². The number of halogens is 1. The number of primary amides is 1. The van der Waals surface area contributed by atoms with Crippen molar-refractivity contribution in [2.24, 2.45) is 11.7 Å². The van der Waals surface area contributed by atoms with Crippen LogP contribution in [0.1, 0.15) is 24.8 Å². The number of nitrogens with zero attached hydrogens (tertiary/aromatic N) is 1. The fourth-order valence-electron chi connectivity index (χ4n) is 3.53. The molecule has 1 aliphatic heterocycles. The van der Waals surface area contributed by atoms with E-state index >= 15 is 0 Å². The minimum absolute atomic E-state index is 0.134. The highest BCUT2D eigenvalue weighted by Crippen LogP contribution is 2.42. The molecule has 1 heterocycles. The summed E-state index contributed by atoms with van der Waals surface area (Å²) in [4.78, 5) is 13.8. The molecule has 3 nitrogen and oxygen atoms in total. The van der Waals surface area contributed by atoms with Crippen molar-refractivity contribution in [2.45, 2.75) is 29.2 Å². The van der Waals surface area contributed by atoms with E-state index in [4.69, 9.17) is 5.73 Å². The molecule has 4 heteroatoms. The summed E-state index contributed by atoms with van der Waals surface area (Å²) in [6.07, 6.45) is 9.44. The molecule has 1 fully saturated rings. The maximum Gasteiger partial charge on any atom is 0.248 e. The molecule has 122 valence electrons. The van der Waals surface area contributed by atoms with Crippen molar-refractivity contribution in [1.82, 2.24) is 4.90 Å². The fourth-order valence-corrected chi connectivity index (χ4v) is 4.55. The van der Waals surface area contributed by atoms with Crippen LogP contribution in [0, 0.1) is 5.92 Å². The summed E-state index contributed by atoms with van der Waals surface area (Å²) in [5, 5.41) is 0. The topological polar surface area (TPSA) is 46.3 Å². The van der Waals surface area contributed by atoms with Gasteiger partial charge in [0.25, 0.3) is 0 Å². The molecule has 0 spiro atoms. The summed E-state index contributed by atoms with van der Waals surface area (Å²) >= 11 is 2.57. The first-order chi connectivity index (χ1) is 11.1. The van der Waals surface area contributed by atoms with Crippen LogP contribution in [0.2, 0.25) is 0 Å². The SMILES string of the molecule is NC(=O)C1=CCC(I)(C2CCN(Cc3ccccc3)CC2)C=C1. The summed E-state index contributed by atoms with van der Waals surface area (Å²) in [5.74, 6) is 0.342. The van der Waals surface area contributed by atoms with Gasteiger partial charge in [-0.25, -0.2) is 0 Å². The normalized spacial score (nSPS) is 26.0. The van der Waals surface area contributed by atoms with Crippen molar-refractivity contribution in [3.63, 3.8) is 0 Å². The van der Waals surface area contributed by atoms with Crippen molar-refractivity contribution in [1.29, 1.82) is 0 Å². The zero-order valence-electron chi connectivity index (χ0n) is 13.2. The number of alkyl halides is 1. The van der Waals surface area contributed by atoms with E-state index in [1.54, 1.807) is 0 Å². The molecule has 1 aromatic carbocycles. The van der Waals surface area contributed by atoms with Gasteiger partial charge in [-0.3, -0.25) is 9.69 Å². The van der Waals surface area contributed by atoms with Crippen LogP contribution in [-0.2, 0) is 11.3 Å². The fraction of sp³-hybridized carbons (Fsp3) is 0.421. The number of allylic oxidation sites excluding steroid dienone is 2. The molecule has 1 atom stereocenters. The molecule has 0 saturated carbocycles. The van der Waals surface area contributed by atoms with Gasteiger partial charge in [-0.1, -0.05) is 71.2 Å². The monoisotopic (exact) mass is 422 g/mol. The van der Waals surface area contributed by atoms with Gasteiger partial charge in [-0.05, 0) is 43.8 Å². The van der Waals surface area contributed by atoms with Crippen LogP contribution in [-0.4, -0.2) is 27.3 Å². The molecule has 0 bridgehead atoms. The van der Waals surface area contributed by atoms with Gasteiger partial charge in [0.15, 0.2) is 0 Å². The van der Waals surface area contributed by atoms with E-state index in [2.05, 4.69) is 63.9 Å². The summed E-state index contributed by atoms with van der Waals surface area (Å²) in [6, 6.07) is 10.7. The lowest BCUT2D eigenvalue weighted by Gasteiger charge is -2.40. The highest BCUT2D eigenvalue weighted by Gasteiger charge is 2.36. The van der Waals surface area contributed by atoms with Crippen LogP contribution in [0.5, 0.6) is 0 Å². The van der Waals surface area contributed by atoms with Crippen LogP contribution in [0.15, 0.2) is 54.1 Å². The van der Waals surface area contributed by atoms with Gasteiger partial charge in [0.05, 0.1) is 0 Å². The van der Waals surface area contributed by atoms with E-state index in [1.165, 1.54) is 18.4 Å². The van der Waals surface area contributed by atoms with E-state index in [0.29, 0.717) is 11.5 Å². The number of likely N-dealkylation sites (tertiary alicyclic amines) is 1. The maximum atomic E-state index is 11.3. The summed E-state index contributed by atoms with van der Waals surface area (Å²) < 4.78 is 0.134. The number of hydrogen-bond acceptors (Lipinski definition) is 2. The minimum Gasteiger partial charge on any atom is -0.366 e. The Morgan fingerprint density at radius 3 is 2.52 bits per heavy atom. The Bertz CT molecular complexity index is 618. The Kier molecular flexibility index (Phi) is 5.21. The van der Waals surface area contributed by atoms with Gasteiger partial charge >= 0.3 is 0 Å². The quantitative estimate of drug-likeness (QED) is 0.597. The summed E-state index contributed by atoms with van der Waals surface area (Å²) in [6.45, 7) is 3.33. The van der Waals surface area contributed by atoms with Gasteiger partial charge in [-0.2, -0.15) is 0 Å². The van der Waals surface area contributed by atoms with E-state index in [1.807, 2.05) is 12.2 Å². The van der Waals surface area contributed by atoms with E-state index in [-0.39, 0.29) is 9.33 Å². The average molecular weight is 422 g/mol. The molecule has 1 aromatic rings. The smallest absolute Gasteiger partial charge is 0.248 e. The molecule has 2 aliphatic rings. The van der Waals surface area contributed by atoms with Crippen LogP contribution in [0.3, 0.4) is 0 Å². The predicted octanol–water partition coefficient (Wildman–Crippen LogP) is 3.44. The Morgan fingerprint density at radius 2 is 1.96 bits per heavy atom. The van der Waals surface area contributed by atoms with Crippen LogP contribution < -0.4 is 5.73 Å². The number of carbonyl (C=O) groups is 1. The second-order valence-electron chi connectivity index (χ2n) is 6.52. The number of hydrogen-bond donors (Lipinski definition) is 1. The number of piperidine rings is 1. The van der Waals surface area contributed by atoms with Gasteiger partial charge in [0.2, 0.25) is 5.91 Å². The number of benzene rings is 1. The first kappa shape index (κ1) is 16.7. The number of amides is 1.